The van der Waals surface area contributed by atoms with Crippen LogP contribution in [0.25, 0.3) is 0 Å². The quantitative estimate of drug-likeness (QED) is 0.597. The first-order valence-corrected chi connectivity index (χ1v) is 5.54. The van der Waals surface area contributed by atoms with Crippen molar-refractivity contribution in [2.24, 2.45) is 23.7 Å². The Hall–Kier alpha value is -0.570. The molecule has 0 spiro atoms. The van der Waals surface area contributed by atoms with Gasteiger partial charge in [-0.2, -0.15) is 0 Å². The first-order chi connectivity index (χ1) is 6.75. The average molecular weight is 196 g/mol. The lowest BCUT2D eigenvalue weighted by Crippen LogP contribution is -2.29. The van der Waals surface area contributed by atoms with E-state index < -0.39 is 0 Å². The van der Waals surface area contributed by atoms with Crippen molar-refractivity contribution in [1.29, 1.82) is 0 Å². The van der Waals surface area contributed by atoms with Crippen LogP contribution in [0.3, 0.4) is 0 Å². The van der Waals surface area contributed by atoms with Gasteiger partial charge in [0.05, 0.1) is 6.61 Å². The molecule has 0 radical (unpaired) electrons. The zero-order chi connectivity index (χ0) is 9.71. The van der Waals surface area contributed by atoms with Crippen LogP contribution >= 0.6 is 0 Å². The predicted molar refractivity (Wildman–Crippen MR) is 49.3 cm³/mol. The van der Waals surface area contributed by atoms with Gasteiger partial charge in [-0.25, -0.2) is 0 Å². The fourth-order valence-corrected chi connectivity index (χ4v) is 3.72. The van der Waals surface area contributed by atoms with E-state index in [-0.39, 0.29) is 12.3 Å². The van der Waals surface area contributed by atoms with Crippen LogP contribution in [0.4, 0.5) is 0 Å². The molecule has 2 aliphatic carbocycles. The number of carbonyl (C=O) groups excluding carboxylic acids is 1. The molecule has 2 bridgehead atoms. The van der Waals surface area contributed by atoms with Crippen LogP contribution < -0.4 is 0 Å². The van der Waals surface area contributed by atoms with Gasteiger partial charge < -0.3 is 9.47 Å². The summed E-state index contributed by atoms with van der Waals surface area (Å²) in [6, 6.07) is 0. The largest absolute Gasteiger partial charge is 0.436 e. The highest BCUT2D eigenvalue weighted by atomic mass is 16.7. The topological polar surface area (TPSA) is 35.5 Å². The van der Waals surface area contributed by atoms with Gasteiger partial charge in [-0.1, -0.05) is 0 Å². The highest BCUT2D eigenvalue weighted by Gasteiger charge is 2.55. The smallest absolute Gasteiger partial charge is 0.304 e. The van der Waals surface area contributed by atoms with E-state index in [9.17, 15) is 4.79 Å². The van der Waals surface area contributed by atoms with Crippen LogP contribution in [-0.2, 0) is 14.3 Å². The van der Waals surface area contributed by atoms with Crippen LogP contribution in [0.5, 0.6) is 0 Å². The van der Waals surface area contributed by atoms with Crippen LogP contribution in [0, 0.1) is 23.7 Å². The Labute approximate surface area is 83.8 Å². The number of rotatable bonds is 1. The van der Waals surface area contributed by atoms with Gasteiger partial charge in [-0.05, 0) is 37.0 Å². The minimum atomic E-state index is -0.229. The Morgan fingerprint density at radius 2 is 2.14 bits per heavy atom. The second kappa shape index (κ2) is 2.96. The summed E-state index contributed by atoms with van der Waals surface area (Å²) in [4.78, 5) is 10.9. The average Bonchev–Trinajstić information content (AvgIpc) is 2.74. The summed E-state index contributed by atoms with van der Waals surface area (Å²) in [7, 11) is 0. The van der Waals surface area contributed by atoms with E-state index in [1.54, 1.807) is 0 Å². The van der Waals surface area contributed by atoms with E-state index in [1.807, 2.05) is 0 Å². The van der Waals surface area contributed by atoms with E-state index in [0.717, 1.165) is 18.4 Å². The van der Waals surface area contributed by atoms with Gasteiger partial charge in [-0.15, -0.1) is 0 Å². The number of hydrogen-bond donors (Lipinski definition) is 0. The standard InChI is InChI=1S/C11H16O3/c1-6(12)14-11-10-8-3-2-7(4-8)9(10)5-13-11/h7-11H,2-5H2,1H3. The molecular formula is C11H16O3. The first kappa shape index (κ1) is 8.72. The molecule has 0 amide bonds. The Balaban J connectivity index is 1.75. The summed E-state index contributed by atoms with van der Waals surface area (Å²) in [5, 5.41) is 0. The Kier molecular flexibility index (Phi) is 1.84. The minimum Gasteiger partial charge on any atom is -0.436 e. The van der Waals surface area contributed by atoms with Gasteiger partial charge in [0, 0.05) is 12.8 Å². The van der Waals surface area contributed by atoms with E-state index in [2.05, 4.69) is 0 Å². The third-order valence-corrected chi connectivity index (χ3v) is 4.21. The lowest BCUT2D eigenvalue weighted by atomic mass is 9.81. The first-order valence-electron chi connectivity index (χ1n) is 5.54. The second-order valence-corrected chi connectivity index (χ2v) is 4.89. The number of esters is 1. The molecule has 0 aromatic carbocycles. The number of hydrogen-bond acceptors (Lipinski definition) is 3. The van der Waals surface area contributed by atoms with Gasteiger partial charge in [0.1, 0.15) is 0 Å². The SMILES string of the molecule is CC(=O)OC1OCC2C3CCC(C3)C12. The lowest BCUT2D eigenvalue weighted by Gasteiger charge is -2.25. The molecule has 1 saturated heterocycles. The molecule has 3 heteroatoms. The molecule has 1 aliphatic heterocycles. The van der Waals surface area contributed by atoms with Crippen LogP contribution in [0.2, 0.25) is 0 Å². The van der Waals surface area contributed by atoms with Crippen LogP contribution in [0.15, 0.2) is 0 Å². The maximum atomic E-state index is 10.9. The molecule has 3 rings (SSSR count). The van der Waals surface area contributed by atoms with Crippen molar-refractivity contribution in [2.75, 3.05) is 6.61 Å². The number of carbonyl (C=O) groups is 1. The van der Waals surface area contributed by atoms with Gasteiger partial charge in [0.15, 0.2) is 0 Å². The molecule has 0 N–H and O–H groups in total. The zero-order valence-corrected chi connectivity index (χ0v) is 8.44. The maximum Gasteiger partial charge on any atom is 0.304 e. The van der Waals surface area contributed by atoms with Crippen molar-refractivity contribution in [1.82, 2.24) is 0 Å². The van der Waals surface area contributed by atoms with E-state index >= 15 is 0 Å². The minimum absolute atomic E-state index is 0.210. The van der Waals surface area contributed by atoms with Gasteiger partial charge >= 0.3 is 5.97 Å². The third-order valence-electron chi connectivity index (χ3n) is 4.21. The fourth-order valence-electron chi connectivity index (χ4n) is 3.72. The molecule has 78 valence electrons. The normalized spacial score (nSPS) is 49.4. The summed E-state index contributed by atoms with van der Waals surface area (Å²) in [5.74, 6) is 2.59. The second-order valence-electron chi connectivity index (χ2n) is 4.89. The van der Waals surface area contributed by atoms with E-state index in [0.29, 0.717) is 11.8 Å². The predicted octanol–water partition coefficient (Wildman–Crippen LogP) is 1.57. The van der Waals surface area contributed by atoms with Crippen molar-refractivity contribution in [2.45, 2.75) is 32.5 Å². The van der Waals surface area contributed by atoms with E-state index in [4.69, 9.17) is 9.47 Å². The van der Waals surface area contributed by atoms with Crippen molar-refractivity contribution in [3.8, 4) is 0 Å². The monoisotopic (exact) mass is 196 g/mol. The summed E-state index contributed by atoms with van der Waals surface area (Å²) in [5.41, 5.74) is 0. The summed E-state index contributed by atoms with van der Waals surface area (Å²) in [6.07, 6.45) is 3.79. The molecule has 14 heavy (non-hydrogen) atoms. The highest BCUT2D eigenvalue weighted by molar-refractivity contribution is 5.66. The molecule has 5 atom stereocenters. The molecule has 3 nitrogen and oxygen atoms in total. The molecule has 2 saturated carbocycles. The Morgan fingerprint density at radius 1 is 1.36 bits per heavy atom. The molecule has 1 heterocycles. The van der Waals surface area contributed by atoms with Gasteiger partial charge in [-0.3, -0.25) is 4.79 Å². The Bertz CT molecular complexity index is 263. The van der Waals surface area contributed by atoms with Crippen molar-refractivity contribution < 1.29 is 14.3 Å². The highest BCUT2D eigenvalue weighted by Crippen LogP contribution is 2.56. The Morgan fingerprint density at radius 3 is 2.93 bits per heavy atom. The molecular weight excluding hydrogens is 180 g/mol. The molecule has 3 aliphatic rings. The molecule has 0 aromatic rings. The van der Waals surface area contributed by atoms with Crippen LogP contribution in [0.1, 0.15) is 26.2 Å². The summed E-state index contributed by atoms with van der Waals surface area (Å²) >= 11 is 0. The number of ether oxygens (including phenoxy) is 2. The lowest BCUT2D eigenvalue weighted by molar-refractivity contribution is -0.175. The van der Waals surface area contributed by atoms with Gasteiger partial charge in [0.2, 0.25) is 6.29 Å². The number of fused-ring (bicyclic) bond motifs is 5. The fraction of sp³-hybridized carbons (Fsp3) is 0.909. The van der Waals surface area contributed by atoms with Crippen molar-refractivity contribution in [3.05, 3.63) is 0 Å². The van der Waals surface area contributed by atoms with Crippen LogP contribution in [-0.4, -0.2) is 18.9 Å². The molecule has 0 aromatic heterocycles. The molecule has 5 unspecified atom stereocenters. The molecule has 3 fully saturated rings. The van der Waals surface area contributed by atoms with Gasteiger partial charge in [0.25, 0.3) is 0 Å². The third kappa shape index (κ3) is 1.11. The summed E-state index contributed by atoms with van der Waals surface area (Å²) in [6.45, 7) is 2.27. The summed E-state index contributed by atoms with van der Waals surface area (Å²) < 4.78 is 10.8. The maximum absolute atomic E-state index is 10.9. The van der Waals surface area contributed by atoms with Crippen molar-refractivity contribution in [3.63, 3.8) is 0 Å². The zero-order valence-electron chi connectivity index (χ0n) is 8.44. The van der Waals surface area contributed by atoms with Crippen molar-refractivity contribution >= 4 is 5.97 Å². The van der Waals surface area contributed by atoms with E-state index in [1.165, 1.54) is 26.2 Å².